The van der Waals surface area contributed by atoms with Gasteiger partial charge in [-0.15, -0.1) is 0 Å². The summed E-state index contributed by atoms with van der Waals surface area (Å²) in [6.07, 6.45) is 9.36. The Morgan fingerprint density at radius 3 is 1.41 bits per heavy atom. The van der Waals surface area contributed by atoms with E-state index >= 15 is 0 Å². The first-order valence-electron chi connectivity index (χ1n) is 35.0. The van der Waals surface area contributed by atoms with Crippen molar-refractivity contribution in [2.45, 2.75) is 239 Å². The number of rotatable bonds is 6. The van der Waals surface area contributed by atoms with Crippen LogP contribution in [0, 0.1) is 6.92 Å². The van der Waals surface area contributed by atoms with E-state index in [0.29, 0.717) is 0 Å². The summed E-state index contributed by atoms with van der Waals surface area (Å²) in [4.78, 5) is 8.12. The van der Waals surface area contributed by atoms with Crippen molar-refractivity contribution in [1.82, 2.24) is 0 Å². The van der Waals surface area contributed by atoms with Gasteiger partial charge in [0.05, 0.1) is 22.7 Å². The molecule has 7 aliphatic rings. The third kappa shape index (κ3) is 9.31. The van der Waals surface area contributed by atoms with E-state index in [9.17, 15) is 0 Å². The molecule has 5 aliphatic carbocycles. The fourth-order valence-electron chi connectivity index (χ4n) is 17.8. The summed E-state index contributed by atoms with van der Waals surface area (Å²) in [7, 11) is 0. The van der Waals surface area contributed by atoms with Crippen LogP contribution in [0.4, 0.5) is 51.2 Å². The van der Waals surface area contributed by atoms with Gasteiger partial charge in [-0.05, 0) is 252 Å². The number of hydrogen-bond donors (Lipinski definition) is 0. The molecular weight excluding hydrogens is 1110 g/mol. The first-order valence-corrected chi connectivity index (χ1v) is 35.0. The first kappa shape index (κ1) is 61.0. The SMILES string of the molecule is Cc1cc2c(cc1N1c3cc(C(C)(C)C)ccc3B3c4oc5cc6c(cc5c4N(c4cc5c(cc4-c4ccccc4)C(C)(C)CCC5(C)C)c4cc(N(c5cccc(C(C)(C)C)c5)c5cccc(C(C)(C)C)c5)cc1c43)C1(C)CCC6(C)CC1)C(C)(C)CCC2(C)C. The Kier molecular flexibility index (Phi) is 13.2. The summed E-state index contributed by atoms with van der Waals surface area (Å²) < 4.78 is 8.05. The maximum Gasteiger partial charge on any atom is 0.297 e. The second kappa shape index (κ2) is 19.9. The Hall–Kier alpha value is -7.24. The molecule has 472 valence electrons. The fourth-order valence-corrected chi connectivity index (χ4v) is 17.8. The van der Waals surface area contributed by atoms with E-state index in [4.69, 9.17) is 4.42 Å². The molecule has 3 heterocycles. The first-order chi connectivity index (χ1) is 43.1. The summed E-state index contributed by atoms with van der Waals surface area (Å²) in [6, 6.07) is 58.7. The van der Waals surface area contributed by atoms with Gasteiger partial charge in [-0.3, -0.25) is 0 Å². The molecule has 2 bridgehead atoms. The van der Waals surface area contributed by atoms with Gasteiger partial charge in [0, 0.05) is 45.1 Å². The standard InChI is InChI=1S/C87H100BN3O/c1-53-42-63-65(84(15,16)36-34-82(63,11)12)50-70(53)90-72-45-57(81(8,9)10)32-33-69(72)88-76-73(90)46-60(89(58-30-24-28-55(43-58)79(2,3)4)59-31-25-29-56(44-59)80(5,6)7)47-74(76)91(77-62-49-67-68(52-75(62)92-78(77)88)87(20)40-38-86(67,19)39-41-87)71-51-66-64(83(13,14)35-37-85(66,17)18)48-61(71)54-26-22-21-23-27-54/h21-33,42-52H,34-41H2,1-20H3. The molecule has 1 saturated carbocycles. The number of nitrogens with zero attached hydrogens (tertiary/aromatic N) is 3. The Morgan fingerprint density at radius 2 is 0.880 bits per heavy atom. The fraction of sp³-hybridized carbons (Fsp3) is 0.425. The summed E-state index contributed by atoms with van der Waals surface area (Å²) in [5.41, 5.74) is 31.5. The molecule has 5 heteroatoms. The zero-order chi connectivity index (χ0) is 65.2. The van der Waals surface area contributed by atoms with E-state index in [0.717, 1.165) is 54.0 Å². The van der Waals surface area contributed by atoms with Gasteiger partial charge in [-0.25, -0.2) is 0 Å². The van der Waals surface area contributed by atoms with E-state index in [1.54, 1.807) is 0 Å². The summed E-state index contributed by atoms with van der Waals surface area (Å²) in [5, 5.41) is 1.21. The van der Waals surface area contributed by atoms with Gasteiger partial charge in [0.2, 0.25) is 0 Å². The molecule has 9 aromatic rings. The lowest BCUT2D eigenvalue weighted by atomic mass is 9.35. The van der Waals surface area contributed by atoms with Crippen molar-refractivity contribution in [2.75, 3.05) is 14.7 Å². The molecule has 0 spiro atoms. The second-order valence-corrected chi connectivity index (χ2v) is 35.8. The van der Waals surface area contributed by atoms with Crippen LogP contribution < -0.4 is 31.3 Å². The van der Waals surface area contributed by atoms with Crippen LogP contribution in [-0.4, -0.2) is 6.71 Å². The minimum Gasteiger partial charge on any atom is -0.468 e. The molecule has 92 heavy (non-hydrogen) atoms. The van der Waals surface area contributed by atoms with E-state index in [1.165, 1.54) is 143 Å². The molecule has 0 N–H and O–H groups in total. The van der Waals surface area contributed by atoms with E-state index in [1.807, 2.05) is 0 Å². The van der Waals surface area contributed by atoms with Crippen LogP contribution in [0.15, 0.2) is 150 Å². The average Bonchev–Trinajstić information content (AvgIpc) is 1.28. The van der Waals surface area contributed by atoms with Crippen molar-refractivity contribution in [2.24, 2.45) is 0 Å². The molecule has 1 fully saturated rings. The number of anilines is 9. The number of hydrogen-bond acceptors (Lipinski definition) is 4. The molecule has 16 rings (SSSR count). The lowest BCUT2D eigenvalue weighted by Crippen LogP contribution is -2.61. The maximum absolute atomic E-state index is 8.05. The lowest BCUT2D eigenvalue weighted by molar-refractivity contribution is 0.188. The number of aryl methyl sites for hydroxylation is 1. The van der Waals surface area contributed by atoms with E-state index < -0.39 is 0 Å². The quantitative estimate of drug-likeness (QED) is 0.155. The van der Waals surface area contributed by atoms with Crippen molar-refractivity contribution in [3.05, 3.63) is 201 Å². The predicted molar refractivity (Wildman–Crippen MR) is 395 cm³/mol. The molecule has 0 radical (unpaired) electrons. The van der Waals surface area contributed by atoms with Crippen molar-refractivity contribution >= 4 is 85.5 Å². The summed E-state index contributed by atoms with van der Waals surface area (Å²) >= 11 is 0. The number of fused-ring (bicyclic) bond motifs is 10. The van der Waals surface area contributed by atoms with Crippen LogP contribution in [0.25, 0.3) is 22.1 Å². The van der Waals surface area contributed by atoms with E-state index in [-0.39, 0.29) is 55.4 Å². The highest BCUT2D eigenvalue weighted by atomic mass is 16.3. The molecule has 0 atom stereocenters. The smallest absolute Gasteiger partial charge is 0.297 e. The zero-order valence-corrected chi connectivity index (χ0v) is 59.3. The van der Waals surface area contributed by atoms with Gasteiger partial charge < -0.3 is 19.1 Å². The molecule has 1 aromatic heterocycles. The van der Waals surface area contributed by atoms with Gasteiger partial charge in [-0.2, -0.15) is 0 Å². The highest BCUT2D eigenvalue weighted by molar-refractivity contribution is 7.00. The summed E-state index contributed by atoms with van der Waals surface area (Å²) in [5.74, 6) is 0. The van der Waals surface area contributed by atoms with Crippen LogP contribution in [0.3, 0.4) is 0 Å². The molecule has 0 unspecified atom stereocenters. The van der Waals surface area contributed by atoms with Gasteiger partial charge in [-0.1, -0.05) is 204 Å². The zero-order valence-electron chi connectivity index (χ0n) is 59.3. The van der Waals surface area contributed by atoms with Gasteiger partial charge in [0.1, 0.15) is 5.58 Å². The largest absolute Gasteiger partial charge is 0.468 e. The van der Waals surface area contributed by atoms with Crippen LogP contribution in [0.5, 0.6) is 0 Å². The topological polar surface area (TPSA) is 22.9 Å². The normalized spacial score (nSPS) is 21.3. The van der Waals surface area contributed by atoms with Crippen LogP contribution in [-0.2, 0) is 48.7 Å². The average molecular weight is 1210 g/mol. The molecule has 2 aliphatic heterocycles. The Morgan fingerprint density at radius 1 is 0.402 bits per heavy atom. The Balaban J connectivity index is 1.15. The van der Waals surface area contributed by atoms with Gasteiger partial charge in [0.25, 0.3) is 6.71 Å². The number of benzene rings is 8. The molecule has 0 saturated heterocycles. The third-order valence-electron chi connectivity index (χ3n) is 24.3. The van der Waals surface area contributed by atoms with Crippen LogP contribution >= 0.6 is 0 Å². The van der Waals surface area contributed by atoms with Crippen molar-refractivity contribution in [1.29, 1.82) is 0 Å². The molecule has 8 aromatic carbocycles. The highest BCUT2D eigenvalue weighted by Gasteiger charge is 2.52. The Bertz CT molecular complexity index is 4480. The van der Waals surface area contributed by atoms with Crippen molar-refractivity contribution in [3.63, 3.8) is 0 Å². The summed E-state index contributed by atoms with van der Waals surface area (Å²) in [6.45, 7) is 48.4. The van der Waals surface area contributed by atoms with Gasteiger partial charge in [0.15, 0.2) is 0 Å². The van der Waals surface area contributed by atoms with E-state index in [2.05, 4.69) is 299 Å². The minimum atomic E-state index is -0.240. The lowest BCUT2D eigenvalue weighted by Gasteiger charge is -2.52. The van der Waals surface area contributed by atoms with Crippen LogP contribution in [0.2, 0.25) is 0 Å². The Labute approximate surface area is 552 Å². The third-order valence-corrected chi connectivity index (χ3v) is 24.3. The predicted octanol–water partition coefficient (Wildman–Crippen LogP) is 22.7. The van der Waals surface area contributed by atoms with Gasteiger partial charge >= 0.3 is 0 Å². The molecule has 4 nitrogen and oxygen atoms in total. The number of furan rings is 1. The maximum atomic E-state index is 8.05. The van der Waals surface area contributed by atoms with Crippen molar-refractivity contribution in [3.8, 4) is 11.1 Å². The minimum absolute atomic E-state index is 0.0211. The second-order valence-electron chi connectivity index (χ2n) is 35.8. The monoisotopic (exact) mass is 1210 g/mol. The molecule has 0 amide bonds. The molecular formula is C87H100BN3O. The van der Waals surface area contributed by atoms with Crippen LogP contribution in [0.1, 0.15) is 239 Å². The van der Waals surface area contributed by atoms with Crippen molar-refractivity contribution < 1.29 is 4.42 Å². The highest BCUT2D eigenvalue weighted by Crippen LogP contribution is 2.61.